The molecule has 0 spiro atoms. The third kappa shape index (κ3) is 7.38. The maximum Gasteiger partial charge on any atom is 0.261 e. The van der Waals surface area contributed by atoms with Crippen molar-refractivity contribution >= 4 is 15.7 Å². The van der Waals surface area contributed by atoms with Crippen LogP contribution in [0.5, 0.6) is 0 Å². The average Bonchev–Trinajstić information content (AvgIpc) is 3.05. The molecule has 232 valence electrons. The van der Waals surface area contributed by atoms with Crippen molar-refractivity contribution in [3.63, 3.8) is 0 Å². The summed E-state index contributed by atoms with van der Waals surface area (Å²) >= 11 is 0. The summed E-state index contributed by atoms with van der Waals surface area (Å²) in [6.07, 6.45) is -2.07. The highest BCUT2D eigenvalue weighted by molar-refractivity contribution is 7.92. The maximum absolute atomic E-state index is 13.0. The van der Waals surface area contributed by atoms with E-state index in [4.69, 9.17) is 9.47 Å². The Balaban J connectivity index is 1.40. The number of aliphatic hydroxyl groups excluding tert-OH is 2. The molecule has 6 atom stereocenters. The van der Waals surface area contributed by atoms with Gasteiger partial charge in [-0.3, -0.25) is 9.62 Å². The molecule has 0 bridgehead atoms. The number of nitrogens with zero attached hydrogens (tertiary/aromatic N) is 1. The highest BCUT2D eigenvalue weighted by Crippen LogP contribution is 2.42. The van der Waals surface area contributed by atoms with Gasteiger partial charge in [-0.25, -0.2) is 8.42 Å². The second-order valence-corrected chi connectivity index (χ2v) is 13.1. The lowest BCUT2D eigenvalue weighted by molar-refractivity contribution is -0.276. The van der Waals surface area contributed by atoms with Crippen LogP contribution in [0, 0.1) is 5.92 Å². The van der Waals surface area contributed by atoms with Crippen molar-refractivity contribution in [2.45, 2.75) is 56.0 Å². The Morgan fingerprint density at radius 1 is 0.864 bits per heavy atom. The fourth-order valence-electron chi connectivity index (χ4n) is 5.51. The van der Waals surface area contributed by atoms with E-state index in [0.717, 1.165) is 16.7 Å². The topological polar surface area (TPSA) is 108 Å². The average molecular weight is 617 g/mol. The van der Waals surface area contributed by atoms with Crippen molar-refractivity contribution in [1.82, 2.24) is 4.90 Å². The second kappa shape index (κ2) is 14.0. The van der Waals surface area contributed by atoms with Crippen molar-refractivity contribution in [2.75, 3.05) is 18.3 Å². The van der Waals surface area contributed by atoms with E-state index in [1.54, 1.807) is 48.5 Å². The smallest absolute Gasteiger partial charge is 0.261 e. The van der Waals surface area contributed by atoms with Gasteiger partial charge in [0, 0.05) is 29.8 Å². The molecule has 8 nitrogen and oxygen atoms in total. The normalized spacial score (nSPS) is 22.0. The summed E-state index contributed by atoms with van der Waals surface area (Å²) in [6, 6.07) is 32.4. The summed E-state index contributed by atoms with van der Waals surface area (Å²) in [5, 5.41) is 20.6. The molecule has 9 heteroatoms. The lowest BCUT2D eigenvalue weighted by Crippen LogP contribution is -2.46. The van der Waals surface area contributed by atoms with E-state index >= 15 is 0 Å². The number of ether oxygens (including phenoxy) is 2. The van der Waals surface area contributed by atoms with E-state index in [-0.39, 0.29) is 35.7 Å². The van der Waals surface area contributed by atoms with Crippen LogP contribution in [0.25, 0.3) is 0 Å². The van der Waals surface area contributed by atoms with Gasteiger partial charge in [-0.1, -0.05) is 91.9 Å². The summed E-state index contributed by atoms with van der Waals surface area (Å²) in [5.41, 5.74) is 3.68. The summed E-state index contributed by atoms with van der Waals surface area (Å²) in [4.78, 5) is 2.27. The number of sulfonamides is 1. The Bertz CT molecular complexity index is 1600. The minimum absolute atomic E-state index is 0.0478. The first-order chi connectivity index (χ1) is 21.2. The number of hydrogen-bond acceptors (Lipinski definition) is 7. The third-order valence-electron chi connectivity index (χ3n) is 8.35. The lowest BCUT2D eigenvalue weighted by atomic mass is 9.89. The predicted octanol–water partition coefficient (Wildman–Crippen LogP) is 5.83. The van der Waals surface area contributed by atoms with E-state index in [9.17, 15) is 18.6 Å². The lowest BCUT2D eigenvalue weighted by Gasteiger charge is -2.43. The second-order valence-electron chi connectivity index (χ2n) is 11.4. The summed E-state index contributed by atoms with van der Waals surface area (Å²) in [7, 11) is -1.81. The van der Waals surface area contributed by atoms with E-state index in [1.807, 2.05) is 74.6 Å². The first-order valence-corrected chi connectivity index (χ1v) is 16.3. The molecule has 3 N–H and O–H groups in total. The summed E-state index contributed by atoms with van der Waals surface area (Å²) < 4.78 is 41.8. The molecule has 1 saturated heterocycles. The number of nitrogens with one attached hydrogen (secondary N) is 1. The quantitative estimate of drug-likeness (QED) is 0.195. The van der Waals surface area contributed by atoms with Crippen LogP contribution in [0.2, 0.25) is 0 Å². The number of benzene rings is 4. The number of anilines is 1. The standard InChI is InChI=1S/C35H40N2O6S/c1-24-32(22-37(3)25(2)33(39)27-11-6-4-7-12-27)42-35(43-34(24)28-19-17-26(23-38)18-20-28)29-13-10-14-30(21-29)36-44(40,41)31-15-8-5-9-16-31/h4-21,24-25,32-36,38-39H,22-23H2,1-3H3/t24-,25-,32+,33-,34+,35+/m0/s1. The zero-order valence-corrected chi connectivity index (χ0v) is 26.0. The highest BCUT2D eigenvalue weighted by Gasteiger charge is 2.39. The number of rotatable bonds is 11. The van der Waals surface area contributed by atoms with Gasteiger partial charge in [0.25, 0.3) is 10.0 Å². The van der Waals surface area contributed by atoms with Crippen LogP contribution in [0.4, 0.5) is 5.69 Å². The molecule has 0 amide bonds. The fourth-order valence-corrected chi connectivity index (χ4v) is 6.58. The van der Waals surface area contributed by atoms with Gasteiger partial charge in [-0.2, -0.15) is 0 Å². The molecule has 0 unspecified atom stereocenters. The zero-order chi connectivity index (χ0) is 31.3. The predicted molar refractivity (Wildman–Crippen MR) is 170 cm³/mol. The van der Waals surface area contributed by atoms with Gasteiger partial charge in [-0.05, 0) is 54.9 Å². The molecular formula is C35H40N2O6S. The van der Waals surface area contributed by atoms with Crippen molar-refractivity contribution in [2.24, 2.45) is 5.92 Å². The molecule has 1 heterocycles. The van der Waals surface area contributed by atoms with Crippen LogP contribution in [0.1, 0.15) is 54.6 Å². The van der Waals surface area contributed by atoms with Crippen LogP contribution < -0.4 is 4.72 Å². The SMILES string of the molecule is C[C@H]1[C@@H](CN(C)[C@@H](C)[C@H](O)c2ccccc2)O[C@@H](c2cccc(NS(=O)(=O)c3ccccc3)c2)O[C@H]1c1ccc(CO)cc1. The molecule has 0 radical (unpaired) electrons. The van der Waals surface area contributed by atoms with Crippen LogP contribution in [0.15, 0.2) is 114 Å². The van der Waals surface area contributed by atoms with Crippen molar-refractivity contribution < 1.29 is 28.1 Å². The number of hydrogen-bond donors (Lipinski definition) is 3. The molecule has 1 aliphatic rings. The molecule has 5 rings (SSSR count). The third-order valence-corrected chi connectivity index (χ3v) is 9.75. The molecule has 0 saturated carbocycles. The van der Waals surface area contributed by atoms with Gasteiger partial charge >= 0.3 is 0 Å². The monoisotopic (exact) mass is 616 g/mol. The first kappa shape index (κ1) is 31.8. The molecule has 44 heavy (non-hydrogen) atoms. The minimum atomic E-state index is -3.78. The van der Waals surface area contributed by atoms with Gasteiger partial charge in [0.15, 0.2) is 6.29 Å². The Hall–Kier alpha value is -3.57. The first-order valence-electron chi connectivity index (χ1n) is 14.8. The molecular weight excluding hydrogens is 576 g/mol. The van der Waals surface area contributed by atoms with Crippen molar-refractivity contribution in [3.05, 3.63) is 131 Å². The molecule has 4 aromatic carbocycles. The van der Waals surface area contributed by atoms with E-state index < -0.39 is 22.4 Å². The van der Waals surface area contributed by atoms with Crippen molar-refractivity contribution in [3.8, 4) is 0 Å². The van der Waals surface area contributed by atoms with E-state index in [0.29, 0.717) is 17.8 Å². The molecule has 1 aliphatic heterocycles. The summed E-state index contributed by atoms with van der Waals surface area (Å²) in [6.45, 7) is 4.56. The van der Waals surface area contributed by atoms with Crippen molar-refractivity contribution in [1.29, 1.82) is 0 Å². The van der Waals surface area contributed by atoms with Gasteiger partial charge in [0.1, 0.15) is 0 Å². The van der Waals surface area contributed by atoms with Gasteiger partial charge in [0.05, 0.1) is 29.8 Å². The Kier molecular flexibility index (Phi) is 10.2. The number of aliphatic hydroxyl groups is 2. The van der Waals surface area contributed by atoms with Crippen LogP contribution in [-0.4, -0.2) is 49.3 Å². The molecule has 1 fully saturated rings. The minimum Gasteiger partial charge on any atom is -0.392 e. The maximum atomic E-state index is 13.0. The largest absolute Gasteiger partial charge is 0.392 e. The fraction of sp³-hybridized carbons (Fsp3) is 0.314. The van der Waals surface area contributed by atoms with Crippen LogP contribution in [-0.2, 0) is 26.1 Å². The molecule has 0 aliphatic carbocycles. The van der Waals surface area contributed by atoms with Crippen LogP contribution in [0.3, 0.4) is 0 Å². The van der Waals surface area contributed by atoms with Gasteiger partial charge in [-0.15, -0.1) is 0 Å². The summed E-state index contributed by atoms with van der Waals surface area (Å²) in [5.74, 6) is -0.0606. The zero-order valence-electron chi connectivity index (χ0n) is 25.2. The van der Waals surface area contributed by atoms with Crippen LogP contribution >= 0.6 is 0 Å². The highest BCUT2D eigenvalue weighted by atomic mass is 32.2. The number of likely N-dealkylation sites (N-methyl/N-ethyl adjacent to an activating group) is 1. The Morgan fingerprint density at radius 2 is 1.52 bits per heavy atom. The molecule has 4 aromatic rings. The van der Waals surface area contributed by atoms with Gasteiger partial charge < -0.3 is 19.7 Å². The van der Waals surface area contributed by atoms with E-state index in [2.05, 4.69) is 16.5 Å². The Morgan fingerprint density at radius 3 is 2.18 bits per heavy atom. The van der Waals surface area contributed by atoms with Gasteiger partial charge in [0.2, 0.25) is 0 Å². The molecule has 0 aromatic heterocycles. The van der Waals surface area contributed by atoms with E-state index in [1.165, 1.54) is 0 Å². The Labute approximate surface area is 259 Å².